The number of carbonyl (C=O) groups is 1. The molecule has 1 N–H and O–H groups in total. The zero-order chi connectivity index (χ0) is 14.8. The van der Waals surface area contributed by atoms with Crippen LogP contribution in [-0.4, -0.2) is 25.7 Å². The van der Waals surface area contributed by atoms with Crippen LogP contribution in [0.5, 0.6) is 0 Å². The van der Waals surface area contributed by atoms with Gasteiger partial charge in [0.05, 0.1) is 5.69 Å². The van der Waals surface area contributed by atoms with E-state index >= 15 is 0 Å². The topological polar surface area (TPSA) is 72.2 Å². The zero-order valence-corrected chi connectivity index (χ0v) is 11.4. The summed E-state index contributed by atoms with van der Waals surface area (Å²) in [4.78, 5) is 12.4. The summed E-state index contributed by atoms with van der Waals surface area (Å²) in [6, 6.07) is 2.99. The monoisotopic (exact) mass is 309 g/mol. The van der Waals surface area contributed by atoms with Crippen molar-refractivity contribution in [3.8, 4) is 0 Å². The second kappa shape index (κ2) is 5.52. The van der Waals surface area contributed by atoms with Crippen molar-refractivity contribution in [2.75, 3.05) is 5.32 Å². The molecule has 0 radical (unpaired) electrons. The number of amides is 1. The third-order valence-corrected chi connectivity index (χ3v) is 3.67. The quantitative estimate of drug-likeness (QED) is 0.800. The molecule has 108 valence electrons. The molecule has 6 nitrogen and oxygen atoms in total. The van der Waals surface area contributed by atoms with Gasteiger partial charge >= 0.3 is 0 Å². The van der Waals surface area contributed by atoms with Gasteiger partial charge in [0.25, 0.3) is 0 Å². The largest absolute Gasteiger partial charge is 0.324 e. The van der Waals surface area contributed by atoms with Crippen LogP contribution in [-0.2, 0) is 11.2 Å². The lowest BCUT2D eigenvalue weighted by atomic mass is 10.2. The van der Waals surface area contributed by atoms with Gasteiger partial charge < -0.3 is 5.32 Å². The Labute approximate surface area is 121 Å². The normalized spacial score (nSPS) is 11.0. The van der Waals surface area contributed by atoms with Crippen LogP contribution < -0.4 is 5.32 Å². The molecular weight excluding hydrogens is 300 g/mol. The molecule has 9 heteroatoms. The van der Waals surface area contributed by atoms with Gasteiger partial charge in [-0.3, -0.25) is 4.79 Å². The lowest BCUT2D eigenvalue weighted by Gasteiger charge is -2.05. The maximum Gasteiger partial charge on any atom is 0.234 e. The average molecular weight is 309 g/mol. The van der Waals surface area contributed by atoms with E-state index in [-0.39, 0.29) is 18.0 Å². The van der Waals surface area contributed by atoms with Gasteiger partial charge in [0.1, 0.15) is 23.0 Å². The number of benzene rings is 1. The van der Waals surface area contributed by atoms with E-state index in [0.29, 0.717) is 11.4 Å². The first-order chi connectivity index (χ1) is 10.1. The molecule has 0 unspecified atom stereocenters. The smallest absolute Gasteiger partial charge is 0.234 e. The molecule has 0 aliphatic rings. The molecule has 0 spiro atoms. The highest BCUT2D eigenvalue weighted by atomic mass is 32.1. The number of aromatic nitrogens is 4. The van der Waals surface area contributed by atoms with Gasteiger partial charge in [-0.2, -0.15) is 9.61 Å². The molecule has 0 fully saturated rings. The van der Waals surface area contributed by atoms with Crippen molar-refractivity contribution in [1.29, 1.82) is 0 Å². The Kier molecular flexibility index (Phi) is 3.57. The minimum absolute atomic E-state index is 0.0421. The summed E-state index contributed by atoms with van der Waals surface area (Å²) in [6.45, 7) is 0. The Bertz CT molecular complexity index is 771. The van der Waals surface area contributed by atoms with Crippen molar-refractivity contribution in [2.24, 2.45) is 0 Å². The van der Waals surface area contributed by atoms with E-state index in [4.69, 9.17) is 0 Å². The Hall–Kier alpha value is -2.42. The summed E-state index contributed by atoms with van der Waals surface area (Å²) in [5.74, 6) is -1.86. The van der Waals surface area contributed by atoms with Gasteiger partial charge in [-0.25, -0.2) is 8.78 Å². The second-order valence-corrected chi connectivity index (χ2v) is 5.27. The van der Waals surface area contributed by atoms with E-state index in [1.165, 1.54) is 28.2 Å². The van der Waals surface area contributed by atoms with Crippen LogP contribution in [0.1, 0.15) is 11.4 Å². The fraction of sp³-hybridized carbons (Fsp3) is 0.167. The van der Waals surface area contributed by atoms with Crippen LogP contribution in [0.4, 0.5) is 14.5 Å². The van der Waals surface area contributed by atoms with E-state index in [1.807, 2.05) is 0 Å². The third-order valence-electron chi connectivity index (χ3n) is 2.70. The summed E-state index contributed by atoms with van der Waals surface area (Å²) in [5, 5.41) is 14.8. The van der Waals surface area contributed by atoms with Gasteiger partial charge in [0, 0.05) is 18.9 Å². The maximum absolute atomic E-state index is 13.4. The number of fused-ring (bicyclic) bond motifs is 1. The van der Waals surface area contributed by atoms with E-state index in [2.05, 4.69) is 20.6 Å². The summed E-state index contributed by atoms with van der Waals surface area (Å²) >= 11 is 1.33. The Morgan fingerprint density at radius 1 is 1.38 bits per heavy atom. The third kappa shape index (κ3) is 3.02. The lowest BCUT2D eigenvalue weighted by Crippen LogP contribution is -2.13. The predicted molar refractivity (Wildman–Crippen MR) is 72.0 cm³/mol. The van der Waals surface area contributed by atoms with E-state index in [0.717, 1.165) is 17.1 Å². The summed E-state index contributed by atoms with van der Waals surface area (Å²) in [5.41, 5.74) is -0.0421. The number of carbonyl (C=O) groups excluding carboxylic acids is 1. The van der Waals surface area contributed by atoms with Crippen LogP contribution in [0.25, 0.3) is 4.96 Å². The Morgan fingerprint density at radius 2 is 2.24 bits per heavy atom. The van der Waals surface area contributed by atoms with Crippen molar-refractivity contribution in [2.45, 2.75) is 12.8 Å². The number of nitrogens with zero attached hydrogens (tertiary/aromatic N) is 4. The van der Waals surface area contributed by atoms with E-state index < -0.39 is 11.6 Å². The Balaban J connectivity index is 1.60. The fourth-order valence-corrected chi connectivity index (χ4v) is 2.54. The summed E-state index contributed by atoms with van der Waals surface area (Å²) < 4.78 is 27.7. The van der Waals surface area contributed by atoms with Crippen LogP contribution in [0.15, 0.2) is 24.5 Å². The molecule has 21 heavy (non-hydrogen) atoms. The highest BCUT2D eigenvalue weighted by Gasteiger charge is 2.10. The fourth-order valence-electron chi connectivity index (χ4n) is 1.73. The minimum atomic E-state index is -0.804. The number of hydrogen-bond acceptors (Lipinski definition) is 5. The maximum atomic E-state index is 13.4. The predicted octanol–water partition coefficient (Wildman–Crippen LogP) is 2.04. The Morgan fingerprint density at radius 3 is 3.00 bits per heavy atom. The van der Waals surface area contributed by atoms with Crippen LogP contribution in [0.3, 0.4) is 0 Å². The molecule has 1 aromatic carbocycles. The molecule has 0 saturated carbocycles. The van der Waals surface area contributed by atoms with Crippen molar-refractivity contribution in [3.63, 3.8) is 0 Å². The molecule has 0 bridgehead atoms. The first-order valence-electron chi connectivity index (χ1n) is 6.02. The number of nitrogens with one attached hydrogen (secondary N) is 1. The van der Waals surface area contributed by atoms with Crippen molar-refractivity contribution >= 4 is 27.9 Å². The number of anilines is 1. The molecule has 3 aromatic rings. The summed E-state index contributed by atoms with van der Waals surface area (Å²) in [7, 11) is 0. The standard InChI is InChI=1S/C12H9F2N5OS/c13-7-1-2-9(8(14)5-7)16-10(20)3-4-11-18-19-6-15-17-12(19)21-11/h1-2,5-6H,3-4H2,(H,16,20). The van der Waals surface area contributed by atoms with Crippen molar-refractivity contribution in [1.82, 2.24) is 19.8 Å². The average Bonchev–Trinajstić information content (AvgIpc) is 3.00. The zero-order valence-electron chi connectivity index (χ0n) is 10.6. The van der Waals surface area contributed by atoms with Gasteiger partial charge in [-0.15, -0.1) is 10.2 Å². The van der Waals surface area contributed by atoms with Crippen LogP contribution in [0.2, 0.25) is 0 Å². The first kappa shape index (κ1) is 13.6. The van der Waals surface area contributed by atoms with Gasteiger partial charge in [-0.1, -0.05) is 11.3 Å². The highest BCUT2D eigenvalue weighted by molar-refractivity contribution is 7.16. The van der Waals surface area contributed by atoms with Gasteiger partial charge in [-0.05, 0) is 12.1 Å². The lowest BCUT2D eigenvalue weighted by molar-refractivity contribution is -0.116. The molecule has 2 heterocycles. The number of aryl methyl sites for hydroxylation is 1. The van der Waals surface area contributed by atoms with Gasteiger partial charge in [0.2, 0.25) is 10.9 Å². The van der Waals surface area contributed by atoms with Gasteiger partial charge in [0.15, 0.2) is 0 Å². The van der Waals surface area contributed by atoms with E-state index in [9.17, 15) is 13.6 Å². The molecular formula is C12H9F2N5OS. The summed E-state index contributed by atoms with van der Waals surface area (Å²) in [6.07, 6.45) is 2.02. The number of hydrogen-bond donors (Lipinski definition) is 1. The van der Waals surface area contributed by atoms with Crippen molar-refractivity contribution in [3.05, 3.63) is 41.2 Å². The van der Waals surface area contributed by atoms with Crippen LogP contribution in [0, 0.1) is 11.6 Å². The van der Waals surface area contributed by atoms with Crippen molar-refractivity contribution < 1.29 is 13.6 Å². The molecule has 3 rings (SSSR count). The number of rotatable bonds is 4. The molecule has 2 aromatic heterocycles. The highest BCUT2D eigenvalue weighted by Crippen LogP contribution is 2.16. The molecule has 0 saturated heterocycles. The SMILES string of the molecule is O=C(CCc1nn2cnnc2s1)Nc1ccc(F)cc1F. The molecule has 1 amide bonds. The molecule has 0 aliphatic heterocycles. The second-order valence-electron chi connectivity index (χ2n) is 4.23. The van der Waals surface area contributed by atoms with Crippen LogP contribution >= 0.6 is 11.3 Å². The number of halogens is 2. The molecule has 0 atom stereocenters. The minimum Gasteiger partial charge on any atom is -0.324 e. The first-order valence-corrected chi connectivity index (χ1v) is 6.84. The molecule has 0 aliphatic carbocycles. The van der Waals surface area contributed by atoms with E-state index in [1.54, 1.807) is 0 Å².